The Balaban J connectivity index is 1.35. The summed E-state index contributed by atoms with van der Waals surface area (Å²) in [6.45, 7) is 8.21. The van der Waals surface area contributed by atoms with E-state index in [0.717, 1.165) is 25.2 Å². The second kappa shape index (κ2) is 10.4. The minimum Gasteiger partial charge on any atom is -0.493 e. The molecule has 176 valence electrons. The molecule has 3 heterocycles. The van der Waals surface area contributed by atoms with E-state index in [1.165, 1.54) is 11.3 Å². The highest BCUT2D eigenvalue weighted by atomic mass is 32.1. The van der Waals surface area contributed by atoms with E-state index in [9.17, 15) is 9.59 Å². The van der Waals surface area contributed by atoms with E-state index in [4.69, 9.17) is 9.47 Å². The molecule has 1 aromatic carbocycles. The third-order valence-corrected chi connectivity index (χ3v) is 6.52. The lowest BCUT2D eigenvalue weighted by Crippen LogP contribution is -2.48. The highest BCUT2D eigenvalue weighted by Gasteiger charge is 2.23. The van der Waals surface area contributed by atoms with Crippen molar-refractivity contribution in [1.29, 1.82) is 0 Å². The Morgan fingerprint density at radius 2 is 1.94 bits per heavy atom. The van der Waals surface area contributed by atoms with Crippen LogP contribution in [-0.2, 0) is 6.54 Å². The molecule has 9 heteroatoms. The van der Waals surface area contributed by atoms with Crippen molar-refractivity contribution >= 4 is 22.2 Å². The number of hydrogen-bond acceptors (Lipinski definition) is 7. The first-order chi connectivity index (χ1) is 15.9. The van der Waals surface area contributed by atoms with Gasteiger partial charge in [0.1, 0.15) is 0 Å². The first-order valence-corrected chi connectivity index (χ1v) is 12.1. The van der Waals surface area contributed by atoms with E-state index in [-0.39, 0.29) is 11.5 Å². The summed E-state index contributed by atoms with van der Waals surface area (Å²) in [5.74, 6) is 1.78. The van der Waals surface area contributed by atoms with Crippen LogP contribution in [0.3, 0.4) is 0 Å². The lowest BCUT2D eigenvalue weighted by molar-refractivity contribution is 0.0626. The molecular formula is C24H30N4O4S. The fourth-order valence-corrected chi connectivity index (χ4v) is 4.55. The molecule has 0 bridgehead atoms. The number of thiazole rings is 1. The molecule has 1 fully saturated rings. The minimum atomic E-state index is -0.0596. The molecule has 0 N–H and O–H groups in total. The smallest absolute Gasteiger partial charge is 0.258 e. The summed E-state index contributed by atoms with van der Waals surface area (Å²) in [5, 5.41) is 1.86. The zero-order valence-electron chi connectivity index (χ0n) is 19.3. The van der Waals surface area contributed by atoms with Crippen molar-refractivity contribution in [3.8, 4) is 11.5 Å². The van der Waals surface area contributed by atoms with E-state index in [1.54, 1.807) is 35.9 Å². The summed E-state index contributed by atoms with van der Waals surface area (Å²) in [4.78, 5) is 34.6. The maximum atomic E-state index is 13.1. The molecule has 3 aromatic rings. The fraction of sp³-hybridized carbons (Fsp3) is 0.458. The van der Waals surface area contributed by atoms with Crippen molar-refractivity contribution in [2.45, 2.75) is 26.8 Å². The third-order valence-electron chi connectivity index (χ3n) is 5.76. The second-order valence-electron chi connectivity index (χ2n) is 8.61. The summed E-state index contributed by atoms with van der Waals surface area (Å²) in [5.41, 5.74) is 1.30. The van der Waals surface area contributed by atoms with Crippen molar-refractivity contribution < 1.29 is 14.3 Å². The number of methoxy groups -OCH3 is 1. The number of piperazine rings is 1. The molecule has 1 aliphatic heterocycles. The van der Waals surface area contributed by atoms with Crippen LogP contribution in [0.4, 0.5) is 0 Å². The summed E-state index contributed by atoms with van der Waals surface area (Å²) in [7, 11) is 1.59. The van der Waals surface area contributed by atoms with Crippen LogP contribution in [0, 0.1) is 5.92 Å². The van der Waals surface area contributed by atoms with Gasteiger partial charge in [-0.25, -0.2) is 4.98 Å². The molecule has 0 unspecified atom stereocenters. The number of fused-ring (bicyclic) bond motifs is 1. The first kappa shape index (κ1) is 23.3. The molecule has 2 aromatic heterocycles. The Kier molecular flexibility index (Phi) is 7.29. The SMILES string of the molecule is COc1cc(C(=O)N2CCN(Cc3cc(=O)n4ccsc4n3)CC2)ccc1OCCC(C)C. The molecule has 0 spiro atoms. The molecular weight excluding hydrogens is 440 g/mol. The van der Waals surface area contributed by atoms with Crippen molar-refractivity contribution in [2.75, 3.05) is 39.9 Å². The predicted octanol–water partition coefficient (Wildman–Crippen LogP) is 3.15. The average molecular weight is 471 g/mol. The highest BCUT2D eigenvalue weighted by molar-refractivity contribution is 7.15. The van der Waals surface area contributed by atoms with Gasteiger partial charge in [-0.1, -0.05) is 13.8 Å². The van der Waals surface area contributed by atoms with E-state index in [2.05, 4.69) is 23.7 Å². The predicted molar refractivity (Wildman–Crippen MR) is 128 cm³/mol. The molecule has 0 radical (unpaired) electrons. The molecule has 8 nitrogen and oxygen atoms in total. The van der Waals surface area contributed by atoms with Gasteiger partial charge in [-0.2, -0.15) is 0 Å². The van der Waals surface area contributed by atoms with Gasteiger partial charge >= 0.3 is 0 Å². The normalized spacial score (nSPS) is 14.7. The lowest BCUT2D eigenvalue weighted by Gasteiger charge is -2.34. The van der Waals surface area contributed by atoms with Crippen LogP contribution in [0.2, 0.25) is 0 Å². The van der Waals surface area contributed by atoms with Crippen LogP contribution in [0.25, 0.3) is 4.96 Å². The molecule has 0 atom stereocenters. The third kappa shape index (κ3) is 5.54. The number of carbonyl (C=O) groups is 1. The molecule has 1 amide bonds. The summed E-state index contributed by atoms with van der Waals surface area (Å²) in [6, 6.07) is 6.96. The number of rotatable bonds is 8. The van der Waals surface area contributed by atoms with Gasteiger partial charge in [0, 0.05) is 55.9 Å². The van der Waals surface area contributed by atoms with Gasteiger partial charge < -0.3 is 14.4 Å². The standard InChI is InChI=1S/C24H30N4O4S/c1-17(2)6-12-32-20-5-4-18(14-21(20)31-3)23(30)27-9-7-26(8-10-27)16-19-15-22(29)28-11-13-33-24(28)25-19/h4-5,11,13-15,17H,6-10,12,16H2,1-3H3. The molecule has 0 aliphatic carbocycles. The van der Waals surface area contributed by atoms with Gasteiger partial charge in [0.05, 0.1) is 19.4 Å². The molecule has 0 saturated carbocycles. The quantitative estimate of drug-likeness (QED) is 0.503. The molecule has 33 heavy (non-hydrogen) atoms. The van der Waals surface area contributed by atoms with Crippen LogP contribution < -0.4 is 15.0 Å². The average Bonchev–Trinajstić information content (AvgIpc) is 3.28. The van der Waals surface area contributed by atoms with Crippen LogP contribution in [0.1, 0.15) is 36.3 Å². The number of nitrogens with zero attached hydrogens (tertiary/aromatic N) is 4. The fourth-order valence-electron chi connectivity index (χ4n) is 3.81. The van der Waals surface area contributed by atoms with E-state index in [0.29, 0.717) is 54.2 Å². The number of amides is 1. The van der Waals surface area contributed by atoms with Gasteiger partial charge in [-0.3, -0.25) is 18.9 Å². The summed E-state index contributed by atoms with van der Waals surface area (Å²) >= 11 is 1.45. The topological polar surface area (TPSA) is 76.4 Å². The van der Waals surface area contributed by atoms with Crippen molar-refractivity contribution in [3.63, 3.8) is 0 Å². The maximum Gasteiger partial charge on any atom is 0.258 e. The maximum absolute atomic E-state index is 13.1. The summed E-state index contributed by atoms with van der Waals surface area (Å²) in [6.07, 6.45) is 2.70. The Bertz CT molecular complexity index is 1160. The van der Waals surface area contributed by atoms with Gasteiger partial charge in [-0.15, -0.1) is 11.3 Å². The zero-order valence-corrected chi connectivity index (χ0v) is 20.1. The molecule has 1 saturated heterocycles. The lowest BCUT2D eigenvalue weighted by atomic mass is 10.1. The first-order valence-electron chi connectivity index (χ1n) is 11.2. The number of ether oxygens (including phenoxy) is 2. The number of aromatic nitrogens is 2. The van der Waals surface area contributed by atoms with Crippen LogP contribution in [0.5, 0.6) is 11.5 Å². The van der Waals surface area contributed by atoms with E-state index < -0.39 is 0 Å². The zero-order chi connectivity index (χ0) is 23.4. The minimum absolute atomic E-state index is 0.0157. The Morgan fingerprint density at radius 3 is 2.67 bits per heavy atom. The van der Waals surface area contributed by atoms with Gasteiger partial charge in [0.15, 0.2) is 16.5 Å². The van der Waals surface area contributed by atoms with Crippen molar-refractivity contribution in [1.82, 2.24) is 19.2 Å². The van der Waals surface area contributed by atoms with Crippen LogP contribution in [-0.4, -0.2) is 65.0 Å². The Hall–Kier alpha value is -2.91. The Labute approximate surface area is 197 Å². The van der Waals surface area contributed by atoms with Gasteiger partial charge in [0.25, 0.3) is 11.5 Å². The Morgan fingerprint density at radius 1 is 1.15 bits per heavy atom. The van der Waals surface area contributed by atoms with Crippen molar-refractivity contribution in [2.24, 2.45) is 5.92 Å². The summed E-state index contributed by atoms with van der Waals surface area (Å²) < 4.78 is 12.9. The van der Waals surface area contributed by atoms with Crippen LogP contribution >= 0.6 is 11.3 Å². The molecule has 4 rings (SSSR count). The van der Waals surface area contributed by atoms with Crippen molar-refractivity contribution in [3.05, 3.63) is 57.5 Å². The largest absolute Gasteiger partial charge is 0.493 e. The highest BCUT2D eigenvalue weighted by Crippen LogP contribution is 2.29. The van der Waals surface area contributed by atoms with Gasteiger partial charge in [0.2, 0.25) is 0 Å². The number of benzene rings is 1. The number of carbonyl (C=O) groups excluding carboxylic acids is 1. The molecule has 1 aliphatic rings. The van der Waals surface area contributed by atoms with E-state index >= 15 is 0 Å². The van der Waals surface area contributed by atoms with Crippen LogP contribution in [0.15, 0.2) is 40.6 Å². The van der Waals surface area contributed by atoms with Gasteiger partial charge in [-0.05, 0) is 30.5 Å². The van der Waals surface area contributed by atoms with E-state index in [1.807, 2.05) is 16.3 Å². The monoisotopic (exact) mass is 470 g/mol. The number of hydrogen-bond donors (Lipinski definition) is 0. The second-order valence-corrected chi connectivity index (χ2v) is 9.48.